The van der Waals surface area contributed by atoms with Crippen molar-refractivity contribution in [1.82, 2.24) is 4.98 Å². The van der Waals surface area contributed by atoms with Gasteiger partial charge < -0.3 is 14.9 Å². The zero-order chi connectivity index (χ0) is 12.4. The second kappa shape index (κ2) is 5.00. The van der Waals surface area contributed by atoms with Crippen molar-refractivity contribution in [1.29, 1.82) is 0 Å². The van der Waals surface area contributed by atoms with E-state index >= 15 is 0 Å². The molecule has 0 saturated heterocycles. The van der Waals surface area contributed by atoms with Gasteiger partial charge in [-0.3, -0.25) is 0 Å². The first-order valence-corrected chi connectivity index (χ1v) is 5.88. The molecule has 2 rings (SSSR count). The maximum absolute atomic E-state index is 9.81. The minimum absolute atomic E-state index is 0.351. The standard InChI is InChI=1S/C12H12BrNO3/c1-17-10-5-3-7-2-4-8(13)11(9(16)6-15)12(7)14-10/h2-5,9,15-16H,6H2,1H3. The summed E-state index contributed by atoms with van der Waals surface area (Å²) in [7, 11) is 1.54. The number of hydrogen-bond donors (Lipinski definition) is 2. The van der Waals surface area contributed by atoms with Gasteiger partial charge >= 0.3 is 0 Å². The summed E-state index contributed by atoms with van der Waals surface area (Å²) >= 11 is 3.35. The fourth-order valence-electron chi connectivity index (χ4n) is 1.69. The van der Waals surface area contributed by atoms with Gasteiger partial charge in [-0.05, 0) is 12.1 Å². The fraction of sp³-hybridized carbons (Fsp3) is 0.250. The number of fused-ring (bicyclic) bond motifs is 1. The number of benzene rings is 1. The first kappa shape index (κ1) is 12.3. The van der Waals surface area contributed by atoms with Crippen molar-refractivity contribution in [2.24, 2.45) is 0 Å². The summed E-state index contributed by atoms with van der Waals surface area (Å²) in [6, 6.07) is 7.33. The third-order valence-electron chi connectivity index (χ3n) is 2.54. The molecule has 1 atom stereocenters. The number of ether oxygens (including phenoxy) is 1. The van der Waals surface area contributed by atoms with Gasteiger partial charge in [0.2, 0.25) is 5.88 Å². The van der Waals surface area contributed by atoms with E-state index in [1.165, 1.54) is 7.11 Å². The second-order valence-electron chi connectivity index (χ2n) is 3.58. The molecule has 1 aromatic heterocycles. The van der Waals surface area contributed by atoms with Crippen LogP contribution in [-0.4, -0.2) is 28.9 Å². The van der Waals surface area contributed by atoms with E-state index < -0.39 is 6.10 Å². The molecule has 90 valence electrons. The highest BCUT2D eigenvalue weighted by Crippen LogP contribution is 2.31. The Bertz CT molecular complexity index is 545. The van der Waals surface area contributed by atoms with E-state index in [-0.39, 0.29) is 6.61 Å². The Hall–Kier alpha value is -1.17. The third-order valence-corrected chi connectivity index (χ3v) is 3.23. The molecular formula is C12H12BrNO3. The second-order valence-corrected chi connectivity index (χ2v) is 4.44. The summed E-state index contributed by atoms with van der Waals surface area (Å²) in [5, 5.41) is 19.8. The van der Waals surface area contributed by atoms with E-state index in [1.54, 1.807) is 6.07 Å². The predicted octanol–water partition coefficient (Wildman–Crippen LogP) is 2.03. The highest BCUT2D eigenvalue weighted by molar-refractivity contribution is 9.10. The molecule has 0 bridgehead atoms. The molecule has 17 heavy (non-hydrogen) atoms. The molecular weight excluding hydrogens is 286 g/mol. The molecule has 5 heteroatoms. The van der Waals surface area contributed by atoms with Gasteiger partial charge in [-0.25, -0.2) is 4.98 Å². The van der Waals surface area contributed by atoms with Crippen molar-refractivity contribution < 1.29 is 14.9 Å². The van der Waals surface area contributed by atoms with E-state index in [0.29, 0.717) is 21.4 Å². The summed E-state index contributed by atoms with van der Waals surface area (Å²) in [5.41, 5.74) is 1.20. The van der Waals surface area contributed by atoms with Crippen LogP contribution in [0.5, 0.6) is 5.88 Å². The summed E-state index contributed by atoms with van der Waals surface area (Å²) < 4.78 is 5.78. The predicted molar refractivity (Wildman–Crippen MR) is 68.0 cm³/mol. The molecule has 0 amide bonds. The summed E-state index contributed by atoms with van der Waals surface area (Å²) in [4.78, 5) is 4.30. The van der Waals surface area contributed by atoms with Crippen LogP contribution in [0.25, 0.3) is 10.9 Å². The van der Waals surface area contributed by atoms with Crippen LogP contribution in [0.1, 0.15) is 11.7 Å². The molecule has 0 aliphatic carbocycles. The van der Waals surface area contributed by atoms with Crippen LogP contribution in [0.3, 0.4) is 0 Å². The Morgan fingerprint density at radius 2 is 2.06 bits per heavy atom. The van der Waals surface area contributed by atoms with E-state index in [9.17, 15) is 5.11 Å². The number of aromatic nitrogens is 1. The van der Waals surface area contributed by atoms with Gasteiger partial charge in [-0.1, -0.05) is 22.0 Å². The molecule has 0 fully saturated rings. The Morgan fingerprint density at radius 1 is 1.35 bits per heavy atom. The van der Waals surface area contributed by atoms with Crippen molar-refractivity contribution in [3.63, 3.8) is 0 Å². The van der Waals surface area contributed by atoms with Crippen LogP contribution in [0.15, 0.2) is 28.7 Å². The summed E-state index contributed by atoms with van der Waals surface area (Å²) in [6.07, 6.45) is -0.965. The minimum Gasteiger partial charge on any atom is -0.481 e. The Labute approximate surface area is 107 Å². The highest BCUT2D eigenvalue weighted by atomic mass is 79.9. The van der Waals surface area contributed by atoms with Gasteiger partial charge in [0.15, 0.2) is 0 Å². The first-order valence-electron chi connectivity index (χ1n) is 5.09. The van der Waals surface area contributed by atoms with Crippen molar-refractivity contribution in [2.45, 2.75) is 6.10 Å². The quantitative estimate of drug-likeness (QED) is 0.910. The Morgan fingerprint density at radius 3 is 2.71 bits per heavy atom. The number of pyridine rings is 1. The van der Waals surface area contributed by atoms with E-state index in [0.717, 1.165) is 5.39 Å². The molecule has 0 aliphatic rings. The number of methoxy groups -OCH3 is 1. The van der Waals surface area contributed by atoms with E-state index in [2.05, 4.69) is 20.9 Å². The smallest absolute Gasteiger partial charge is 0.213 e. The molecule has 1 unspecified atom stereocenters. The maximum Gasteiger partial charge on any atom is 0.213 e. The first-order chi connectivity index (χ1) is 8.17. The molecule has 0 radical (unpaired) electrons. The van der Waals surface area contributed by atoms with Crippen LogP contribution in [0.2, 0.25) is 0 Å². The van der Waals surface area contributed by atoms with Crippen molar-refractivity contribution in [2.75, 3.05) is 13.7 Å². The molecule has 0 aliphatic heterocycles. The fourth-order valence-corrected chi connectivity index (χ4v) is 2.27. The Kier molecular flexibility index (Phi) is 3.61. The van der Waals surface area contributed by atoms with E-state index in [4.69, 9.17) is 9.84 Å². The van der Waals surface area contributed by atoms with Gasteiger partial charge in [0.25, 0.3) is 0 Å². The summed E-state index contributed by atoms with van der Waals surface area (Å²) in [5.74, 6) is 0.474. The normalized spacial score (nSPS) is 12.7. The molecule has 4 nitrogen and oxygen atoms in total. The number of aliphatic hydroxyl groups excluding tert-OH is 2. The molecule has 1 aromatic carbocycles. The van der Waals surface area contributed by atoms with E-state index in [1.807, 2.05) is 18.2 Å². The zero-order valence-corrected chi connectivity index (χ0v) is 10.8. The topological polar surface area (TPSA) is 62.6 Å². The SMILES string of the molecule is COc1ccc2ccc(Br)c(C(O)CO)c2n1. The van der Waals surface area contributed by atoms with Gasteiger partial charge in [-0.2, -0.15) is 0 Å². The minimum atomic E-state index is -0.965. The number of aliphatic hydroxyl groups is 2. The highest BCUT2D eigenvalue weighted by Gasteiger charge is 2.15. The van der Waals surface area contributed by atoms with Gasteiger partial charge in [0.05, 0.1) is 19.2 Å². The maximum atomic E-state index is 9.81. The third kappa shape index (κ3) is 2.26. The van der Waals surface area contributed by atoms with Gasteiger partial charge in [0, 0.05) is 21.5 Å². The number of halogens is 1. The van der Waals surface area contributed by atoms with Crippen molar-refractivity contribution >= 4 is 26.8 Å². The molecule has 2 aromatic rings. The zero-order valence-electron chi connectivity index (χ0n) is 9.22. The lowest BCUT2D eigenvalue weighted by Gasteiger charge is -2.13. The molecule has 0 saturated carbocycles. The number of nitrogens with zero attached hydrogens (tertiary/aromatic N) is 1. The van der Waals surface area contributed by atoms with Gasteiger partial charge in [0.1, 0.15) is 6.10 Å². The Balaban J connectivity index is 2.73. The molecule has 1 heterocycles. The monoisotopic (exact) mass is 297 g/mol. The van der Waals surface area contributed by atoms with Crippen LogP contribution in [-0.2, 0) is 0 Å². The molecule has 2 N–H and O–H groups in total. The summed E-state index contributed by atoms with van der Waals surface area (Å²) in [6.45, 7) is -0.351. The lowest BCUT2D eigenvalue weighted by atomic mass is 10.1. The van der Waals surface area contributed by atoms with Crippen molar-refractivity contribution in [3.8, 4) is 5.88 Å². The number of hydrogen-bond acceptors (Lipinski definition) is 4. The average Bonchev–Trinajstić information content (AvgIpc) is 2.37. The van der Waals surface area contributed by atoms with Crippen LogP contribution in [0.4, 0.5) is 0 Å². The molecule has 0 spiro atoms. The van der Waals surface area contributed by atoms with Crippen LogP contribution < -0.4 is 4.74 Å². The lowest BCUT2D eigenvalue weighted by Crippen LogP contribution is -2.05. The van der Waals surface area contributed by atoms with Crippen molar-refractivity contribution in [3.05, 3.63) is 34.3 Å². The average molecular weight is 298 g/mol. The van der Waals surface area contributed by atoms with Gasteiger partial charge in [-0.15, -0.1) is 0 Å². The van der Waals surface area contributed by atoms with Crippen LogP contribution >= 0.6 is 15.9 Å². The largest absolute Gasteiger partial charge is 0.481 e. The van der Waals surface area contributed by atoms with Crippen LogP contribution in [0, 0.1) is 0 Å². The lowest BCUT2D eigenvalue weighted by molar-refractivity contribution is 0.0960. The number of rotatable bonds is 3.